The van der Waals surface area contributed by atoms with Crippen molar-refractivity contribution in [3.05, 3.63) is 29.3 Å². The third-order valence-corrected chi connectivity index (χ3v) is 2.18. The van der Waals surface area contributed by atoms with Crippen molar-refractivity contribution >= 4 is 24.4 Å². The average Bonchev–Trinajstić information content (AvgIpc) is 2.32. The number of nitrogens with two attached hydrogens (primary N) is 1. The molecule has 1 heterocycles. The van der Waals surface area contributed by atoms with Gasteiger partial charge in [-0.05, 0) is 18.2 Å². The van der Waals surface area contributed by atoms with E-state index in [0.717, 1.165) is 0 Å². The minimum Gasteiger partial charge on any atom is -0.267 e. The number of fused-ring (bicyclic) bond motifs is 1. The molecule has 66 valence electrons. The number of carbonyl (C=O) groups is 2. The predicted octanol–water partition coefficient (Wildman–Crippen LogP) is 0.445. The molecular formula is C8H6N2O2S. The number of thiol groups is 1. The first-order valence-electron chi connectivity index (χ1n) is 3.58. The van der Waals surface area contributed by atoms with Gasteiger partial charge in [0.15, 0.2) is 0 Å². The molecule has 0 saturated carbocycles. The molecule has 2 rings (SSSR count). The monoisotopic (exact) mass is 194 g/mol. The van der Waals surface area contributed by atoms with Gasteiger partial charge in [-0.2, -0.15) is 0 Å². The lowest BCUT2D eigenvalue weighted by Crippen LogP contribution is -2.36. The Morgan fingerprint density at radius 1 is 1.15 bits per heavy atom. The van der Waals surface area contributed by atoms with Crippen LogP contribution in [0.5, 0.6) is 0 Å². The molecule has 13 heavy (non-hydrogen) atoms. The maximum absolute atomic E-state index is 11.3. The number of nitrogens with zero attached hydrogens (tertiary/aromatic N) is 1. The molecule has 1 aliphatic heterocycles. The second kappa shape index (κ2) is 2.58. The quantitative estimate of drug-likeness (QED) is 0.273. The average molecular weight is 194 g/mol. The van der Waals surface area contributed by atoms with Gasteiger partial charge in [0.05, 0.1) is 11.1 Å². The van der Waals surface area contributed by atoms with Gasteiger partial charge in [0.1, 0.15) is 0 Å². The molecule has 0 saturated heterocycles. The van der Waals surface area contributed by atoms with E-state index in [1.807, 2.05) is 0 Å². The topological polar surface area (TPSA) is 63.4 Å². The lowest BCUT2D eigenvalue weighted by atomic mass is 10.1. The Hall–Kier alpha value is -1.33. The maximum atomic E-state index is 11.3. The molecule has 2 amide bonds. The van der Waals surface area contributed by atoms with E-state index < -0.39 is 11.8 Å². The normalized spacial score (nSPS) is 15.1. The summed E-state index contributed by atoms with van der Waals surface area (Å²) in [5.74, 6) is 4.29. The highest BCUT2D eigenvalue weighted by Gasteiger charge is 2.33. The smallest absolute Gasteiger partial charge is 0.267 e. The summed E-state index contributed by atoms with van der Waals surface area (Å²) >= 11 is 4.06. The van der Waals surface area contributed by atoms with E-state index in [2.05, 4.69) is 12.6 Å². The van der Waals surface area contributed by atoms with E-state index >= 15 is 0 Å². The van der Waals surface area contributed by atoms with Crippen LogP contribution in [0.3, 0.4) is 0 Å². The Balaban J connectivity index is 2.67. The molecule has 5 heteroatoms. The van der Waals surface area contributed by atoms with Crippen molar-refractivity contribution in [2.45, 2.75) is 4.90 Å². The zero-order chi connectivity index (χ0) is 9.59. The van der Waals surface area contributed by atoms with Crippen molar-refractivity contribution in [3.8, 4) is 0 Å². The molecular weight excluding hydrogens is 188 g/mol. The number of amides is 2. The van der Waals surface area contributed by atoms with Gasteiger partial charge in [-0.25, -0.2) is 10.9 Å². The molecule has 0 atom stereocenters. The van der Waals surface area contributed by atoms with Crippen molar-refractivity contribution in [3.63, 3.8) is 0 Å². The first-order chi connectivity index (χ1) is 6.11. The predicted molar refractivity (Wildman–Crippen MR) is 48.4 cm³/mol. The van der Waals surface area contributed by atoms with Crippen LogP contribution in [0.25, 0.3) is 0 Å². The highest BCUT2D eigenvalue weighted by atomic mass is 32.1. The third-order valence-electron chi connectivity index (χ3n) is 1.90. The fourth-order valence-corrected chi connectivity index (χ4v) is 1.45. The summed E-state index contributed by atoms with van der Waals surface area (Å²) in [6, 6.07) is 4.72. The van der Waals surface area contributed by atoms with Crippen LogP contribution in [0, 0.1) is 0 Å². The van der Waals surface area contributed by atoms with Crippen molar-refractivity contribution in [2.75, 3.05) is 0 Å². The Kier molecular flexibility index (Phi) is 1.64. The van der Waals surface area contributed by atoms with Crippen LogP contribution in [0.2, 0.25) is 0 Å². The number of benzene rings is 1. The van der Waals surface area contributed by atoms with E-state index in [4.69, 9.17) is 5.84 Å². The first-order valence-corrected chi connectivity index (χ1v) is 4.02. The van der Waals surface area contributed by atoms with Crippen LogP contribution >= 0.6 is 12.6 Å². The van der Waals surface area contributed by atoms with Crippen LogP contribution in [0.4, 0.5) is 0 Å². The summed E-state index contributed by atoms with van der Waals surface area (Å²) < 4.78 is 0. The van der Waals surface area contributed by atoms with E-state index in [-0.39, 0.29) is 0 Å². The molecule has 0 unspecified atom stereocenters. The van der Waals surface area contributed by atoms with Gasteiger partial charge in [0, 0.05) is 4.90 Å². The van der Waals surface area contributed by atoms with Crippen LogP contribution in [-0.4, -0.2) is 16.8 Å². The second-order valence-electron chi connectivity index (χ2n) is 2.71. The summed E-state index contributed by atoms with van der Waals surface area (Å²) in [6.45, 7) is 0. The SMILES string of the molecule is NN1C(=O)c2ccc(S)cc2C1=O. The minimum atomic E-state index is -0.476. The van der Waals surface area contributed by atoms with Crippen molar-refractivity contribution in [1.29, 1.82) is 0 Å². The van der Waals surface area contributed by atoms with E-state index in [1.165, 1.54) is 6.07 Å². The summed E-state index contributed by atoms with van der Waals surface area (Å²) in [4.78, 5) is 23.2. The molecule has 1 aromatic carbocycles. The van der Waals surface area contributed by atoms with Crippen LogP contribution in [-0.2, 0) is 0 Å². The molecule has 0 aliphatic carbocycles. The largest absolute Gasteiger partial charge is 0.275 e. The van der Waals surface area contributed by atoms with Gasteiger partial charge < -0.3 is 0 Å². The zero-order valence-corrected chi connectivity index (χ0v) is 7.41. The van der Waals surface area contributed by atoms with Gasteiger partial charge in [-0.1, -0.05) is 0 Å². The van der Waals surface area contributed by atoms with Gasteiger partial charge >= 0.3 is 0 Å². The minimum absolute atomic E-state index is 0.319. The number of imide groups is 1. The van der Waals surface area contributed by atoms with Crippen LogP contribution < -0.4 is 5.84 Å². The summed E-state index contributed by atoms with van der Waals surface area (Å²) in [7, 11) is 0. The van der Waals surface area contributed by atoms with Crippen LogP contribution in [0.1, 0.15) is 20.7 Å². The molecule has 1 aromatic rings. The molecule has 1 aliphatic rings. The van der Waals surface area contributed by atoms with Crippen molar-refractivity contribution < 1.29 is 9.59 Å². The van der Waals surface area contributed by atoms with Gasteiger partial charge in [0.2, 0.25) is 0 Å². The highest BCUT2D eigenvalue weighted by Crippen LogP contribution is 2.22. The van der Waals surface area contributed by atoms with Crippen molar-refractivity contribution in [1.82, 2.24) is 5.01 Å². The molecule has 0 spiro atoms. The number of carbonyl (C=O) groups excluding carboxylic acids is 2. The van der Waals surface area contributed by atoms with E-state index in [1.54, 1.807) is 12.1 Å². The molecule has 2 N–H and O–H groups in total. The van der Waals surface area contributed by atoms with Crippen molar-refractivity contribution in [2.24, 2.45) is 5.84 Å². The zero-order valence-electron chi connectivity index (χ0n) is 6.52. The number of rotatable bonds is 0. The highest BCUT2D eigenvalue weighted by molar-refractivity contribution is 7.80. The van der Waals surface area contributed by atoms with Gasteiger partial charge in [-0.3, -0.25) is 9.59 Å². The molecule has 0 bridgehead atoms. The Morgan fingerprint density at radius 2 is 1.77 bits per heavy atom. The van der Waals surface area contributed by atoms with E-state index in [9.17, 15) is 9.59 Å². The third kappa shape index (κ3) is 1.05. The van der Waals surface area contributed by atoms with Gasteiger partial charge in [0.25, 0.3) is 11.8 Å². The maximum Gasteiger partial charge on any atom is 0.275 e. The fraction of sp³-hybridized carbons (Fsp3) is 0. The summed E-state index contributed by atoms with van der Waals surface area (Å²) in [5.41, 5.74) is 0.658. The molecule has 0 fully saturated rings. The van der Waals surface area contributed by atoms with E-state index in [0.29, 0.717) is 21.0 Å². The molecule has 4 nitrogen and oxygen atoms in total. The standard InChI is InChI=1S/C8H6N2O2S/c9-10-7(11)5-2-1-4(13)3-6(5)8(10)12/h1-3,13H,9H2. The fourth-order valence-electron chi connectivity index (χ4n) is 1.25. The first kappa shape index (κ1) is 8.28. The lowest BCUT2D eigenvalue weighted by Gasteiger charge is -2.01. The number of hydrogen-bond donors (Lipinski definition) is 2. The van der Waals surface area contributed by atoms with Crippen LogP contribution in [0.15, 0.2) is 23.1 Å². The number of hydrazine groups is 1. The molecule has 0 aromatic heterocycles. The Labute approximate surface area is 79.7 Å². The lowest BCUT2D eigenvalue weighted by molar-refractivity contribution is 0.0654. The Morgan fingerprint density at radius 3 is 2.46 bits per heavy atom. The molecule has 0 radical (unpaired) electrons. The summed E-state index contributed by atoms with van der Waals surface area (Å²) in [5, 5.41) is 0.609. The Bertz CT molecular complexity index is 417. The second-order valence-corrected chi connectivity index (χ2v) is 3.23. The van der Waals surface area contributed by atoms with Gasteiger partial charge in [-0.15, -0.1) is 12.6 Å². The number of hydrogen-bond acceptors (Lipinski definition) is 4. The summed E-state index contributed by atoms with van der Waals surface area (Å²) in [6.07, 6.45) is 0.